The lowest BCUT2D eigenvalue weighted by atomic mass is 9.99. The average Bonchev–Trinajstić information content (AvgIpc) is 1.18. The van der Waals surface area contributed by atoms with Gasteiger partial charge in [-0.3, -0.25) is 14.4 Å². The summed E-state index contributed by atoms with van der Waals surface area (Å²) in [6, 6.07) is 35.6. The second kappa shape index (κ2) is 42.4. The van der Waals surface area contributed by atoms with Gasteiger partial charge in [-0.1, -0.05) is 57.0 Å². The Hall–Kier alpha value is -7.76. The first-order valence-corrected chi connectivity index (χ1v) is 49.8. The number of benzene rings is 5. The highest BCUT2D eigenvalue weighted by Crippen LogP contribution is 2.45. The molecule has 2 saturated carbocycles. The number of aliphatic hydroxyl groups excluding tert-OH is 1. The van der Waals surface area contributed by atoms with E-state index in [1.165, 1.54) is 125 Å². The number of piperidine rings is 2. The van der Waals surface area contributed by atoms with E-state index in [9.17, 15) is 17.5 Å². The highest BCUT2D eigenvalue weighted by molar-refractivity contribution is 9.11. The van der Waals surface area contributed by atoms with Gasteiger partial charge in [0.2, 0.25) is 11.2 Å². The number of piperazine rings is 2. The Morgan fingerprint density at radius 2 is 0.992 bits per heavy atom. The number of ether oxygens (including phenoxy) is 2. The number of aromatic nitrogens is 8. The van der Waals surface area contributed by atoms with Gasteiger partial charge in [0.15, 0.2) is 0 Å². The molecule has 26 nitrogen and oxygen atoms in total. The maximum absolute atomic E-state index is 13.6. The highest BCUT2D eigenvalue weighted by Gasteiger charge is 2.32. The fourth-order valence-electron chi connectivity index (χ4n) is 15.0. The number of unbranched alkanes of at least 4 members (excludes halogenated alkanes) is 1. The van der Waals surface area contributed by atoms with E-state index in [0.29, 0.717) is 73.0 Å². The fraction of sp³-hybridized carbons (Fsp3) is 0.471. The number of nitrogens with one attached hydrogen (secondary N) is 3. The van der Waals surface area contributed by atoms with Gasteiger partial charge in [0.1, 0.15) is 37.4 Å². The minimum atomic E-state index is -4.02. The van der Waals surface area contributed by atoms with E-state index in [1.807, 2.05) is 61.5 Å². The summed E-state index contributed by atoms with van der Waals surface area (Å²) in [7, 11) is -1.46. The van der Waals surface area contributed by atoms with Gasteiger partial charge in [-0.15, -0.1) is 0 Å². The molecule has 5 aromatic carbocycles. The maximum atomic E-state index is 13.6. The van der Waals surface area contributed by atoms with Crippen molar-refractivity contribution in [2.24, 2.45) is 0 Å². The summed E-state index contributed by atoms with van der Waals surface area (Å²) in [6.07, 6.45) is 16.8. The zero-order chi connectivity index (χ0) is 85.3. The van der Waals surface area contributed by atoms with Crippen molar-refractivity contribution < 1.29 is 36.7 Å². The standard InChI is InChI=1S/C38H49BrN9O2P.C19H18BrClN5OP.C19H32N4O.C7H8O3S.C4H10O/c1-6-25-21-33(35(50-3)23-34(25)48-15-13-28(14-16-48)47-19-17-46(2)18-20-47)42-38-40-24-29(39)37(43-38)41-32-10-9-27(22-36(32)51(4,5)49)31-12-11-30(44-45-31)26-7-8-26;1-28(2,27)17-9-12(15-8-7-14(25-26-15)11-3-4-11)5-6-16(17)23-18-13(20)10-22-19(21)24-18;1-4-15-13-17(20)19(24-3)14-18(15)23-7-5-16(6-8-23)22-11-9-21(2)10-12-22;1-6-2-4-7(5-3-6)11(8,9)10;1-2-3-4-5/h9-12,21-24,26,28H,6-8,13-20H2,1-5H3,(H2,40,41,42,43);5-11H,3-4H2,1-2H3,(H,22,23,24);13-14,16H,4-12,20H2,1-3H3;2-5H,1H3,(H,8,9,10);5H,2-4H2,1H3. The van der Waals surface area contributed by atoms with E-state index in [-0.39, 0.29) is 10.2 Å². The van der Waals surface area contributed by atoms with Crippen LogP contribution in [0.3, 0.4) is 0 Å². The molecule has 640 valence electrons. The Bertz CT molecular complexity index is 5080. The molecule has 15 rings (SSSR count). The lowest BCUT2D eigenvalue weighted by molar-refractivity contribution is 0.0982. The lowest BCUT2D eigenvalue weighted by Gasteiger charge is -2.43. The van der Waals surface area contributed by atoms with Gasteiger partial charge in [0, 0.05) is 167 Å². The van der Waals surface area contributed by atoms with Crippen LogP contribution in [0, 0.1) is 6.92 Å². The number of rotatable bonds is 23. The fourth-order valence-corrected chi connectivity index (χ4v) is 18.5. The predicted octanol–water partition coefficient (Wildman–Crippen LogP) is 16.4. The number of hydrogen-bond acceptors (Lipinski definition) is 25. The minimum absolute atomic E-state index is 0.0666. The van der Waals surface area contributed by atoms with Gasteiger partial charge in [0.25, 0.3) is 10.1 Å². The van der Waals surface area contributed by atoms with Crippen LogP contribution in [-0.4, -0.2) is 230 Å². The van der Waals surface area contributed by atoms with Gasteiger partial charge in [-0.2, -0.15) is 38.8 Å². The van der Waals surface area contributed by atoms with Crippen molar-refractivity contribution in [1.29, 1.82) is 0 Å². The largest absolute Gasteiger partial charge is 0.495 e. The van der Waals surface area contributed by atoms with Crippen LogP contribution in [0.2, 0.25) is 5.28 Å². The minimum Gasteiger partial charge on any atom is -0.495 e. The lowest BCUT2D eigenvalue weighted by Crippen LogP contribution is -2.52. The monoisotopic (exact) mass is 1830 g/mol. The molecule has 8 heterocycles. The number of nitrogens with two attached hydrogens (primary N) is 1. The third-order valence-electron chi connectivity index (χ3n) is 22.5. The molecule has 0 bridgehead atoms. The van der Waals surface area contributed by atoms with Crippen molar-refractivity contribution in [3.8, 4) is 34.0 Å². The van der Waals surface area contributed by atoms with E-state index >= 15 is 0 Å². The van der Waals surface area contributed by atoms with Gasteiger partial charge in [0.05, 0.1) is 73.6 Å². The van der Waals surface area contributed by atoms with E-state index in [2.05, 4.69) is 178 Å². The second-order valence-corrected chi connectivity index (χ2v) is 41.9. The first-order valence-electron chi connectivity index (χ1n) is 41.2. The number of likely N-dealkylation sites (N-methyl/N-ethyl adjacent to an activating group) is 2. The zero-order valence-electron chi connectivity index (χ0n) is 70.7. The molecule has 32 heteroatoms. The molecule has 2 aliphatic carbocycles. The number of aryl methyl sites for hydroxylation is 3. The average molecular weight is 1830 g/mol. The molecule has 6 fully saturated rings. The molecular formula is C87H117Br2ClN18O8P2S. The van der Waals surface area contributed by atoms with E-state index in [4.69, 9.17) is 41.5 Å². The summed E-state index contributed by atoms with van der Waals surface area (Å²) < 4.78 is 68.8. The number of nitrogens with zero attached hydrogens (tertiary/aromatic N) is 14. The van der Waals surface area contributed by atoms with Crippen LogP contribution in [0.15, 0.2) is 135 Å². The summed E-state index contributed by atoms with van der Waals surface area (Å²) in [6.45, 7) is 29.5. The molecule has 119 heavy (non-hydrogen) atoms. The molecule has 0 amide bonds. The number of aliphatic hydroxyl groups is 1. The molecule has 4 aliphatic heterocycles. The molecule has 6 aliphatic rings. The van der Waals surface area contributed by atoms with Gasteiger partial charge in [-0.05, 0) is 246 Å². The maximum Gasteiger partial charge on any atom is 0.294 e. The van der Waals surface area contributed by atoms with Gasteiger partial charge in [-0.25, -0.2) is 9.97 Å². The molecule has 9 aromatic rings. The van der Waals surface area contributed by atoms with Crippen molar-refractivity contribution >= 4 is 130 Å². The number of halogens is 3. The molecule has 7 N–H and O–H groups in total. The van der Waals surface area contributed by atoms with Crippen LogP contribution >= 0.6 is 57.7 Å². The summed E-state index contributed by atoms with van der Waals surface area (Å²) in [5.74, 6) is 4.13. The zero-order valence-corrected chi connectivity index (χ0v) is 77.2. The molecule has 0 atom stereocenters. The Kier molecular flexibility index (Phi) is 32.7. The Morgan fingerprint density at radius 1 is 0.546 bits per heavy atom. The second-order valence-electron chi connectivity index (χ2n) is 32.1. The van der Waals surface area contributed by atoms with Gasteiger partial charge < -0.3 is 65.0 Å². The number of nitrogen functional groups attached to an aromatic ring is 1. The van der Waals surface area contributed by atoms with Crippen LogP contribution in [0.4, 0.5) is 51.7 Å². The van der Waals surface area contributed by atoms with Crippen molar-refractivity contribution in [3.63, 3.8) is 0 Å². The molecule has 0 radical (unpaired) electrons. The van der Waals surface area contributed by atoms with Crippen LogP contribution in [-0.2, 0) is 32.1 Å². The molecule has 4 saturated heterocycles. The van der Waals surface area contributed by atoms with Crippen LogP contribution in [0.5, 0.6) is 11.5 Å². The van der Waals surface area contributed by atoms with Crippen molar-refractivity contribution in [3.05, 3.63) is 164 Å². The predicted molar refractivity (Wildman–Crippen MR) is 492 cm³/mol. The van der Waals surface area contributed by atoms with Crippen molar-refractivity contribution in [1.82, 2.24) is 59.9 Å². The molecular weight excluding hydrogens is 1710 g/mol. The van der Waals surface area contributed by atoms with Crippen LogP contribution in [0.25, 0.3) is 22.5 Å². The van der Waals surface area contributed by atoms with E-state index in [0.717, 1.165) is 133 Å². The van der Waals surface area contributed by atoms with Crippen molar-refractivity contribution in [2.45, 2.75) is 134 Å². The van der Waals surface area contributed by atoms with E-state index < -0.39 is 24.4 Å². The van der Waals surface area contributed by atoms with Gasteiger partial charge >= 0.3 is 0 Å². The molecule has 0 spiro atoms. The topological polar surface area (TPSA) is 312 Å². The summed E-state index contributed by atoms with van der Waals surface area (Å²) in [5.41, 5.74) is 20.5. The quantitative estimate of drug-likeness (QED) is 0.0150. The van der Waals surface area contributed by atoms with Crippen molar-refractivity contribution in [2.75, 3.05) is 172 Å². The number of anilines is 9. The van der Waals surface area contributed by atoms with Crippen LogP contribution in [0.1, 0.15) is 125 Å². The summed E-state index contributed by atoms with van der Waals surface area (Å²) >= 11 is 12.9. The molecule has 0 unspecified atom stereocenters. The summed E-state index contributed by atoms with van der Waals surface area (Å²) in [5, 5.41) is 37.3. The SMILES string of the molecule is CCCCO.CCc1cc(N)c(OC)cc1N1CCC(N2CCN(C)CC2)CC1.CCc1cc(Nc2ncc(Br)c(Nc3ccc(-c4ccc(C5CC5)nn4)cc3P(C)(C)=O)n2)c(OC)cc1N1CCC(N2CCN(C)CC2)CC1.CP(C)(=O)c1cc(-c2ccc(C3CC3)nn2)ccc1Nc1nc(Cl)ncc1Br.Cc1ccc(S(=O)(=O)O)cc1. The third-order valence-corrected chi connectivity index (χ3v) is 27.7. The highest BCUT2D eigenvalue weighted by atomic mass is 79.9. The normalized spacial score (nSPS) is 16.6. The van der Waals surface area contributed by atoms with Crippen LogP contribution < -0.4 is 51.6 Å². The first-order chi connectivity index (χ1) is 56.9. The molecule has 4 aromatic heterocycles. The number of hydrogen-bond donors (Lipinski definition) is 6. The first kappa shape index (κ1) is 92.0. The third kappa shape index (κ3) is 25.7. The summed E-state index contributed by atoms with van der Waals surface area (Å²) in [4.78, 5) is 32.7. The smallest absolute Gasteiger partial charge is 0.294 e. The Morgan fingerprint density at radius 3 is 1.39 bits per heavy atom. The number of methoxy groups -OCH3 is 2. The van der Waals surface area contributed by atoms with E-state index in [1.54, 1.807) is 65.4 Å². The Balaban J connectivity index is 0.000000171. The Labute approximate surface area is 724 Å².